The number of aryl methyl sites for hydroxylation is 1. The molecule has 1 saturated carbocycles. The third kappa shape index (κ3) is 1.74. The van der Waals surface area contributed by atoms with E-state index in [-0.39, 0.29) is 6.61 Å². The largest absolute Gasteiger partial charge is 0.393 e. The van der Waals surface area contributed by atoms with Crippen molar-refractivity contribution in [1.82, 2.24) is 9.55 Å². The van der Waals surface area contributed by atoms with Gasteiger partial charge >= 0.3 is 5.69 Å². The van der Waals surface area contributed by atoms with Crippen molar-refractivity contribution in [2.45, 2.75) is 62.2 Å². The molecule has 2 bridgehead atoms. The number of aromatic nitrogens is 2. The van der Waals surface area contributed by atoms with Crippen LogP contribution in [0.5, 0.6) is 0 Å². The van der Waals surface area contributed by atoms with Crippen LogP contribution in [0.3, 0.4) is 0 Å². The predicted molar refractivity (Wildman–Crippen MR) is 78.1 cm³/mol. The number of rotatable bonds is 2. The molecule has 23 heavy (non-hydrogen) atoms. The van der Waals surface area contributed by atoms with E-state index < -0.39 is 40.9 Å². The molecule has 8 nitrogen and oxygen atoms in total. The zero-order chi connectivity index (χ0) is 16.4. The first-order valence-electron chi connectivity index (χ1n) is 7.91. The number of aliphatic hydroxyl groups is 2. The Hall–Kier alpha value is -1.48. The van der Waals surface area contributed by atoms with E-state index in [4.69, 9.17) is 9.47 Å². The molecule has 2 aliphatic heterocycles. The minimum atomic E-state index is -1.22. The molecule has 1 aromatic rings. The van der Waals surface area contributed by atoms with Crippen LogP contribution in [0.2, 0.25) is 0 Å². The summed E-state index contributed by atoms with van der Waals surface area (Å²) >= 11 is 0. The van der Waals surface area contributed by atoms with Crippen LogP contribution in [-0.4, -0.2) is 49.8 Å². The zero-order valence-corrected chi connectivity index (χ0v) is 12.8. The van der Waals surface area contributed by atoms with E-state index in [1.54, 1.807) is 6.92 Å². The Bertz CT molecular complexity index is 749. The molecule has 1 aliphatic carbocycles. The van der Waals surface area contributed by atoms with Crippen molar-refractivity contribution in [3.05, 3.63) is 32.6 Å². The maximum atomic E-state index is 12.1. The maximum absolute atomic E-state index is 12.1. The molecule has 126 valence electrons. The number of ether oxygens (including phenoxy) is 2. The van der Waals surface area contributed by atoms with E-state index in [1.807, 2.05) is 0 Å². The van der Waals surface area contributed by atoms with Crippen molar-refractivity contribution in [1.29, 1.82) is 0 Å². The van der Waals surface area contributed by atoms with Crippen LogP contribution in [0.25, 0.3) is 0 Å². The Morgan fingerprint density at radius 2 is 2.04 bits per heavy atom. The minimum Gasteiger partial charge on any atom is -0.393 e. The topological polar surface area (TPSA) is 114 Å². The van der Waals surface area contributed by atoms with Crippen molar-refractivity contribution >= 4 is 0 Å². The van der Waals surface area contributed by atoms with Crippen molar-refractivity contribution in [2.75, 3.05) is 6.61 Å². The molecule has 8 heteroatoms. The van der Waals surface area contributed by atoms with Crippen LogP contribution in [0.15, 0.2) is 15.8 Å². The molecule has 3 fully saturated rings. The number of fused-ring (bicyclic) bond motifs is 3. The van der Waals surface area contributed by atoms with Gasteiger partial charge in [0.05, 0.1) is 6.61 Å². The maximum Gasteiger partial charge on any atom is 0.330 e. The van der Waals surface area contributed by atoms with Gasteiger partial charge in [-0.3, -0.25) is 14.3 Å². The lowest BCUT2D eigenvalue weighted by Gasteiger charge is -2.44. The lowest BCUT2D eigenvalue weighted by Crippen LogP contribution is -2.59. The molecule has 0 radical (unpaired) electrons. The van der Waals surface area contributed by atoms with Gasteiger partial charge in [-0.05, 0) is 19.8 Å². The molecule has 1 unspecified atom stereocenters. The number of H-pyrrole nitrogens is 1. The highest BCUT2D eigenvalue weighted by atomic mass is 16.7. The molecule has 1 spiro atoms. The first-order chi connectivity index (χ1) is 10.9. The Morgan fingerprint density at radius 3 is 2.70 bits per heavy atom. The average Bonchev–Trinajstić information content (AvgIpc) is 3.16. The highest BCUT2D eigenvalue weighted by Gasteiger charge is 2.74. The summed E-state index contributed by atoms with van der Waals surface area (Å²) in [7, 11) is 0. The average molecular weight is 324 g/mol. The first kappa shape index (κ1) is 15.1. The molecule has 4 atom stereocenters. The van der Waals surface area contributed by atoms with Crippen LogP contribution in [0, 0.1) is 6.92 Å². The number of hydrogen-bond acceptors (Lipinski definition) is 6. The molecule has 4 rings (SSSR count). The second kappa shape index (κ2) is 4.76. The van der Waals surface area contributed by atoms with E-state index in [1.165, 1.54) is 10.8 Å². The van der Waals surface area contributed by atoms with Gasteiger partial charge in [-0.1, -0.05) is 12.8 Å². The van der Waals surface area contributed by atoms with E-state index >= 15 is 0 Å². The standard InChI is InChI=1S/C15H20N2O6/c1-8-6-17(13(21)16-11(8)20)12-9-10(19)15(7-18,23-12)14(22-9)4-2-3-5-14/h6,9-10,12,18-19H,2-5,7H2,1H3,(H,16,20,21)/t9-,10?,12+,15+/m0/s1. The molecule has 2 saturated heterocycles. The Labute approximate surface area is 131 Å². The summed E-state index contributed by atoms with van der Waals surface area (Å²) in [5, 5.41) is 20.6. The second-order valence-corrected chi connectivity index (χ2v) is 6.76. The highest BCUT2D eigenvalue weighted by Crippen LogP contribution is 2.59. The van der Waals surface area contributed by atoms with E-state index in [2.05, 4.69) is 4.98 Å². The van der Waals surface area contributed by atoms with Gasteiger partial charge in [0.2, 0.25) is 0 Å². The third-order valence-corrected chi connectivity index (χ3v) is 5.60. The molecule has 3 heterocycles. The smallest absolute Gasteiger partial charge is 0.330 e. The normalized spacial score (nSPS) is 37.8. The van der Waals surface area contributed by atoms with Gasteiger partial charge in [-0.25, -0.2) is 4.79 Å². The van der Waals surface area contributed by atoms with E-state index in [9.17, 15) is 19.8 Å². The fourth-order valence-corrected chi connectivity index (χ4v) is 4.39. The van der Waals surface area contributed by atoms with E-state index in [0.717, 1.165) is 12.8 Å². The van der Waals surface area contributed by atoms with Gasteiger partial charge in [0.25, 0.3) is 5.56 Å². The lowest BCUT2D eigenvalue weighted by atomic mass is 9.80. The lowest BCUT2D eigenvalue weighted by molar-refractivity contribution is -0.268. The third-order valence-electron chi connectivity index (χ3n) is 5.60. The first-order valence-corrected chi connectivity index (χ1v) is 7.91. The summed E-state index contributed by atoms with van der Waals surface area (Å²) in [5.41, 5.74) is -2.63. The summed E-state index contributed by atoms with van der Waals surface area (Å²) in [4.78, 5) is 25.8. The number of aliphatic hydroxyl groups excluding tert-OH is 2. The van der Waals surface area contributed by atoms with Crippen molar-refractivity contribution in [3.8, 4) is 0 Å². The van der Waals surface area contributed by atoms with Crippen molar-refractivity contribution in [2.24, 2.45) is 0 Å². The van der Waals surface area contributed by atoms with Crippen LogP contribution in [0.4, 0.5) is 0 Å². The Morgan fingerprint density at radius 1 is 1.35 bits per heavy atom. The Kier molecular flexibility index (Phi) is 3.12. The minimum absolute atomic E-state index is 0.360. The molecule has 3 N–H and O–H groups in total. The number of nitrogens with one attached hydrogen (secondary N) is 1. The van der Waals surface area contributed by atoms with Crippen molar-refractivity contribution in [3.63, 3.8) is 0 Å². The summed E-state index contributed by atoms with van der Waals surface area (Å²) < 4.78 is 13.4. The number of nitrogens with zero attached hydrogens (tertiary/aromatic N) is 1. The molecule has 1 aromatic heterocycles. The van der Waals surface area contributed by atoms with Gasteiger partial charge < -0.3 is 19.7 Å². The van der Waals surface area contributed by atoms with Crippen LogP contribution >= 0.6 is 0 Å². The van der Waals surface area contributed by atoms with Gasteiger partial charge in [0.15, 0.2) is 11.8 Å². The van der Waals surface area contributed by atoms with Crippen LogP contribution < -0.4 is 11.2 Å². The number of hydrogen-bond donors (Lipinski definition) is 3. The molecular weight excluding hydrogens is 304 g/mol. The van der Waals surface area contributed by atoms with Crippen LogP contribution in [0.1, 0.15) is 37.5 Å². The molecule has 0 amide bonds. The summed E-state index contributed by atoms with van der Waals surface area (Å²) in [5.74, 6) is 0. The fraction of sp³-hybridized carbons (Fsp3) is 0.733. The van der Waals surface area contributed by atoms with Gasteiger partial charge in [0, 0.05) is 11.8 Å². The van der Waals surface area contributed by atoms with E-state index in [0.29, 0.717) is 18.4 Å². The summed E-state index contributed by atoms with van der Waals surface area (Å²) in [6.45, 7) is 1.21. The monoisotopic (exact) mass is 324 g/mol. The molecular formula is C15H20N2O6. The van der Waals surface area contributed by atoms with Gasteiger partial charge in [-0.15, -0.1) is 0 Å². The quantitative estimate of drug-likeness (QED) is 0.655. The highest BCUT2D eigenvalue weighted by molar-refractivity contribution is 5.21. The Balaban J connectivity index is 1.78. The summed E-state index contributed by atoms with van der Waals surface area (Å²) in [6, 6.07) is 0. The molecule has 3 aliphatic rings. The second-order valence-electron chi connectivity index (χ2n) is 6.76. The number of aromatic amines is 1. The SMILES string of the molecule is Cc1cn([C@@H]2O[C@]3(CO)C(O)[C@@H]2OC32CCCC2)c(=O)[nH]c1=O. The van der Waals surface area contributed by atoms with Gasteiger partial charge in [-0.2, -0.15) is 0 Å². The summed E-state index contributed by atoms with van der Waals surface area (Å²) in [6.07, 6.45) is 2.10. The predicted octanol–water partition coefficient (Wildman–Crippen LogP) is -0.823. The molecule has 0 aromatic carbocycles. The zero-order valence-electron chi connectivity index (χ0n) is 12.8. The van der Waals surface area contributed by atoms with Crippen molar-refractivity contribution < 1.29 is 19.7 Å². The van der Waals surface area contributed by atoms with Gasteiger partial charge in [0.1, 0.15) is 17.8 Å². The fourth-order valence-electron chi connectivity index (χ4n) is 4.39. The van der Waals surface area contributed by atoms with Crippen LogP contribution in [-0.2, 0) is 9.47 Å².